The lowest BCUT2D eigenvalue weighted by Gasteiger charge is -2.14. The molecule has 0 saturated carbocycles. The van der Waals surface area contributed by atoms with Gasteiger partial charge in [-0.1, -0.05) is 39.3 Å². The molecule has 0 bridgehead atoms. The molecule has 0 unspecified atom stereocenters. The van der Waals surface area contributed by atoms with Crippen LogP contribution in [-0.2, 0) is 16.4 Å². The Morgan fingerprint density at radius 1 is 1.17 bits per heavy atom. The largest absolute Gasteiger partial charge is 0.356 e. The molecule has 0 radical (unpaired) electrons. The van der Waals surface area contributed by atoms with Gasteiger partial charge in [-0.3, -0.25) is 0 Å². The van der Waals surface area contributed by atoms with Crippen molar-refractivity contribution in [1.29, 1.82) is 0 Å². The lowest BCUT2D eigenvalue weighted by atomic mass is 10.2. The second-order valence-corrected chi connectivity index (χ2v) is 8.15. The van der Waals surface area contributed by atoms with E-state index in [1.165, 1.54) is 6.26 Å². The molecule has 0 saturated heterocycles. The van der Waals surface area contributed by atoms with Gasteiger partial charge in [0.1, 0.15) is 0 Å². The highest BCUT2D eigenvalue weighted by molar-refractivity contribution is 14.0. The average Bonchev–Trinajstić information content (AvgIpc) is 2.49. The fourth-order valence-corrected chi connectivity index (χ4v) is 2.50. The summed E-state index contributed by atoms with van der Waals surface area (Å²) in [7, 11) is -3.14. The molecule has 1 aromatic rings. The predicted octanol–water partition coefficient (Wildman–Crippen LogP) is 3.20. The second-order valence-electron chi connectivity index (χ2n) is 6.14. The first-order chi connectivity index (χ1) is 10.8. The van der Waals surface area contributed by atoms with Gasteiger partial charge < -0.3 is 10.6 Å². The van der Waals surface area contributed by atoms with Crippen LogP contribution in [0.2, 0.25) is 0 Å². The van der Waals surface area contributed by atoms with Gasteiger partial charge in [0.05, 0.1) is 11.4 Å². The summed E-state index contributed by atoms with van der Waals surface area (Å²) in [4.78, 5) is 4.91. The maximum absolute atomic E-state index is 11.5. The van der Waals surface area contributed by atoms with Crippen LogP contribution in [-0.4, -0.2) is 33.7 Å². The Labute approximate surface area is 163 Å². The normalized spacial score (nSPS) is 12.0. The van der Waals surface area contributed by atoms with E-state index in [0.29, 0.717) is 17.4 Å². The number of nitrogens with zero attached hydrogens (tertiary/aromatic N) is 1. The van der Waals surface area contributed by atoms with Crippen molar-refractivity contribution in [3.8, 4) is 0 Å². The topological polar surface area (TPSA) is 70.6 Å². The van der Waals surface area contributed by atoms with Crippen molar-refractivity contribution in [1.82, 2.24) is 10.6 Å². The molecule has 0 spiro atoms. The highest BCUT2D eigenvalue weighted by Gasteiger charge is 2.06. The average molecular weight is 467 g/mol. The Kier molecular flexibility index (Phi) is 11.3. The lowest BCUT2D eigenvalue weighted by molar-refractivity contribution is 0.602. The van der Waals surface area contributed by atoms with Gasteiger partial charge >= 0.3 is 0 Å². The van der Waals surface area contributed by atoms with E-state index >= 15 is 0 Å². The third kappa shape index (κ3) is 9.46. The Bertz CT molecular complexity index is 599. The number of hydrogen-bond acceptors (Lipinski definition) is 3. The zero-order valence-corrected chi connectivity index (χ0v) is 18.1. The minimum absolute atomic E-state index is 0. The van der Waals surface area contributed by atoms with E-state index in [4.69, 9.17) is 0 Å². The Balaban J connectivity index is 0.00000529. The standard InChI is InChI=1S/C17H29N3O2S.HI/c1-5-6-11-18-17(19-12-14(2)3)20-13-15-7-9-16(10-8-15)23(4,21)22;/h7-10,14H,5-6,11-13H2,1-4H3,(H2,18,19,20);1H. The smallest absolute Gasteiger partial charge is 0.191 e. The molecular weight excluding hydrogens is 437 g/mol. The number of benzene rings is 1. The van der Waals surface area contributed by atoms with E-state index < -0.39 is 9.84 Å². The van der Waals surface area contributed by atoms with Crippen LogP contribution in [0.5, 0.6) is 0 Å². The van der Waals surface area contributed by atoms with Crippen molar-refractivity contribution < 1.29 is 8.42 Å². The first-order valence-corrected chi connectivity index (χ1v) is 10.0. The number of aliphatic imine (C=N–C) groups is 1. The molecule has 0 aliphatic carbocycles. The van der Waals surface area contributed by atoms with Crippen molar-refractivity contribution in [2.24, 2.45) is 10.9 Å². The van der Waals surface area contributed by atoms with Crippen LogP contribution >= 0.6 is 24.0 Å². The summed E-state index contributed by atoms with van der Waals surface area (Å²) >= 11 is 0. The maximum atomic E-state index is 11.5. The third-order valence-corrected chi connectivity index (χ3v) is 4.40. The summed E-state index contributed by atoms with van der Waals surface area (Å²) in [5.41, 5.74) is 0.985. The van der Waals surface area contributed by atoms with Crippen LogP contribution in [0.4, 0.5) is 0 Å². The minimum Gasteiger partial charge on any atom is -0.356 e. The summed E-state index contributed by atoms with van der Waals surface area (Å²) < 4.78 is 22.9. The highest BCUT2D eigenvalue weighted by Crippen LogP contribution is 2.10. The zero-order chi connectivity index (χ0) is 17.3. The molecular formula is C17H30IN3O2S. The Hall–Kier alpha value is -0.830. The molecule has 24 heavy (non-hydrogen) atoms. The summed E-state index contributed by atoms with van der Waals surface area (Å²) in [6.07, 6.45) is 3.45. The maximum Gasteiger partial charge on any atom is 0.191 e. The fraction of sp³-hybridized carbons (Fsp3) is 0.588. The van der Waals surface area contributed by atoms with Crippen molar-refractivity contribution in [3.05, 3.63) is 29.8 Å². The van der Waals surface area contributed by atoms with E-state index in [-0.39, 0.29) is 24.0 Å². The van der Waals surface area contributed by atoms with Crippen LogP contribution in [0, 0.1) is 5.92 Å². The summed E-state index contributed by atoms with van der Waals surface area (Å²) in [5.74, 6) is 1.35. The Morgan fingerprint density at radius 3 is 2.29 bits per heavy atom. The Morgan fingerprint density at radius 2 is 1.79 bits per heavy atom. The molecule has 1 rings (SSSR count). The van der Waals surface area contributed by atoms with Gasteiger partial charge in [0.25, 0.3) is 0 Å². The van der Waals surface area contributed by atoms with Crippen LogP contribution in [0.1, 0.15) is 39.2 Å². The van der Waals surface area contributed by atoms with Crippen molar-refractivity contribution >= 4 is 39.8 Å². The SMILES string of the molecule is CCCCNC(=NCc1ccc(S(C)(=O)=O)cc1)NCC(C)C.I. The highest BCUT2D eigenvalue weighted by atomic mass is 127. The molecule has 138 valence electrons. The van der Waals surface area contributed by atoms with Gasteiger partial charge in [0.2, 0.25) is 0 Å². The molecule has 0 fully saturated rings. The number of sulfone groups is 1. The molecule has 0 aliphatic heterocycles. The monoisotopic (exact) mass is 467 g/mol. The molecule has 0 aromatic heterocycles. The predicted molar refractivity (Wildman–Crippen MR) is 112 cm³/mol. The van der Waals surface area contributed by atoms with Crippen LogP contribution < -0.4 is 10.6 Å². The number of halogens is 1. The minimum atomic E-state index is -3.14. The zero-order valence-electron chi connectivity index (χ0n) is 15.0. The first kappa shape index (κ1) is 23.2. The summed E-state index contributed by atoms with van der Waals surface area (Å²) in [6.45, 7) is 8.74. The lowest BCUT2D eigenvalue weighted by Crippen LogP contribution is -2.39. The van der Waals surface area contributed by atoms with Gasteiger partial charge in [0.15, 0.2) is 15.8 Å². The van der Waals surface area contributed by atoms with Gasteiger partial charge in [-0.15, -0.1) is 24.0 Å². The number of guanidine groups is 1. The van der Waals surface area contributed by atoms with E-state index in [2.05, 4.69) is 36.4 Å². The summed E-state index contributed by atoms with van der Waals surface area (Å²) in [6, 6.07) is 6.88. The van der Waals surface area contributed by atoms with E-state index in [0.717, 1.165) is 37.5 Å². The molecule has 0 atom stereocenters. The van der Waals surface area contributed by atoms with Gasteiger partial charge in [-0.25, -0.2) is 13.4 Å². The first-order valence-electron chi connectivity index (χ1n) is 8.14. The van der Waals surface area contributed by atoms with Crippen LogP contribution in [0.15, 0.2) is 34.2 Å². The van der Waals surface area contributed by atoms with E-state index in [1.807, 2.05) is 12.1 Å². The number of unbranched alkanes of at least 4 members (excludes halogenated alkanes) is 1. The molecule has 0 aliphatic rings. The molecule has 1 aromatic carbocycles. The van der Waals surface area contributed by atoms with Gasteiger partial charge in [-0.05, 0) is 30.0 Å². The van der Waals surface area contributed by atoms with E-state index in [9.17, 15) is 8.42 Å². The van der Waals surface area contributed by atoms with E-state index in [1.54, 1.807) is 12.1 Å². The van der Waals surface area contributed by atoms with Gasteiger partial charge in [-0.2, -0.15) is 0 Å². The van der Waals surface area contributed by atoms with Crippen molar-refractivity contribution in [2.45, 2.75) is 45.1 Å². The number of hydrogen-bond donors (Lipinski definition) is 2. The summed E-state index contributed by atoms with van der Waals surface area (Å²) in [5, 5.41) is 6.65. The third-order valence-electron chi connectivity index (χ3n) is 3.27. The molecule has 0 amide bonds. The van der Waals surface area contributed by atoms with Crippen molar-refractivity contribution in [2.75, 3.05) is 19.3 Å². The van der Waals surface area contributed by atoms with Gasteiger partial charge in [0, 0.05) is 19.3 Å². The van der Waals surface area contributed by atoms with Crippen LogP contribution in [0.3, 0.4) is 0 Å². The van der Waals surface area contributed by atoms with Crippen molar-refractivity contribution in [3.63, 3.8) is 0 Å². The molecule has 7 heteroatoms. The molecule has 5 nitrogen and oxygen atoms in total. The molecule has 2 N–H and O–H groups in total. The van der Waals surface area contributed by atoms with Crippen LogP contribution in [0.25, 0.3) is 0 Å². The quantitative estimate of drug-likeness (QED) is 0.267. The fourth-order valence-electron chi connectivity index (χ4n) is 1.87. The number of rotatable bonds is 8. The second kappa shape index (κ2) is 11.7. The number of nitrogens with one attached hydrogen (secondary N) is 2. The molecule has 0 heterocycles.